The average Bonchev–Trinajstić information content (AvgIpc) is 3.22. The zero-order chi connectivity index (χ0) is 44.5. The maximum absolute atomic E-state index is 12.6. The van der Waals surface area contributed by atoms with E-state index in [1.165, 1.54) is 25.7 Å². The maximum Gasteiger partial charge on any atom is 0.472 e. The number of esters is 2. The largest absolute Gasteiger partial charge is 0.480 e. The van der Waals surface area contributed by atoms with Crippen LogP contribution in [0, 0.1) is 0 Å². The van der Waals surface area contributed by atoms with Crippen LogP contribution in [-0.2, 0) is 37.5 Å². The van der Waals surface area contributed by atoms with E-state index in [-0.39, 0.29) is 12.8 Å². The number of allylic oxidation sites excluding steroid dienone is 9. The van der Waals surface area contributed by atoms with Crippen molar-refractivity contribution in [3.63, 3.8) is 0 Å². The fraction of sp³-hybridized carbons (Fsp3) is 0.717. The van der Waals surface area contributed by atoms with Crippen molar-refractivity contribution in [3.05, 3.63) is 60.8 Å². The van der Waals surface area contributed by atoms with Crippen molar-refractivity contribution in [2.24, 2.45) is 5.73 Å². The molecule has 0 bridgehead atoms. The van der Waals surface area contributed by atoms with Gasteiger partial charge < -0.3 is 35.4 Å². The van der Waals surface area contributed by atoms with Crippen molar-refractivity contribution in [1.29, 1.82) is 0 Å². The molecular weight excluding hydrogens is 789 g/mol. The zero-order valence-corrected chi connectivity index (χ0v) is 37.6. The van der Waals surface area contributed by atoms with Gasteiger partial charge in [-0.3, -0.25) is 23.4 Å². The molecule has 0 rings (SSSR count). The summed E-state index contributed by atoms with van der Waals surface area (Å²) in [4.78, 5) is 46.0. The quantitative estimate of drug-likeness (QED) is 0.0168. The lowest BCUT2D eigenvalue weighted by atomic mass is 10.0. The number of carboxylic acids is 1. The molecule has 0 aliphatic carbocycles. The molecule has 6 N–H and O–H groups in total. The van der Waals surface area contributed by atoms with Crippen molar-refractivity contribution < 1.29 is 57.7 Å². The highest BCUT2D eigenvalue weighted by Crippen LogP contribution is 2.43. The van der Waals surface area contributed by atoms with Gasteiger partial charge in [0, 0.05) is 12.8 Å². The van der Waals surface area contributed by atoms with Crippen molar-refractivity contribution >= 4 is 25.7 Å². The molecule has 1 unspecified atom stereocenters. The zero-order valence-electron chi connectivity index (χ0n) is 36.8. The van der Waals surface area contributed by atoms with Crippen LogP contribution in [0.1, 0.15) is 168 Å². The highest BCUT2D eigenvalue weighted by molar-refractivity contribution is 7.47. The number of ether oxygens (including phenoxy) is 2. The van der Waals surface area contributed by atoms with E-state index in [2.05, 4.69) is 73.1 Å². The number of hydrogen-bond donors (Lipinski definition) is 5. The first-order chi connectivity index (χ1) is 28.9. The molecule has 0 aromatic heterocycles. The van der Waals surface area contributed by atoms with Crippen LogP contribution in [0.25, 0.3) is 0 Å². The van der Waals surface area contributed by atoms with E-state index >= 15 is 0 Å². The van der Waals surface area contributed by atoms with E-state index in [4.69, 9.17) is 24.8 Å². The third-order valence-corrected chi connectivity index (χ3v) is 10.4. The number of unbranched alkanes of at least 4 members (excludes halogenated alkanes) is 13. The van der Waals surface area contributed by atoms with E-state index in [1.54, 1.807) is 0 Å². The monoisotopic (exact) mass is 870 g/mol. The summed E-state index contributed by atoms with van der Waals surface area (Å²) in [7, 11) is -4.77. The Morgan fingerprint density at radius 3 is 1.62 bits per heavy atom. The number of carboxylic acid groups (broad SMARTS) is 1. The Balaban J connectivity index is 4.53. The summed E-state index contributed by atoms with van der Waals surface area (Å²) >= 11 is 0. The first kappa shape index (κ1) is 57.1. The molecule has 60 heavy (non-hydrogen) atoms. The maximum atomic E-state index is 12.6. The van der Waals surface area contributed by atoms with E-state index < -0.39 is 69.9 Å². The molecule has 0 aliphatic heterocycles. The first-order valence-electron chi connectivity index (χ1n) is 22.5. The van der Waals surface area contributed by atoms with Gasteiger partial charge in [0.15, 0.2) is 6.10 Å². The summed E-state index contributed by atoms with van der Waals surface area (Å²) in [6.07, 6.45) is 38.7. The van der Waals surface area contributed by atoms with Crippen LogP contribution in [0.2, 0.25) is 0 Å². The summed E-state index contributed by atoms with van der Waals surface area (Å²) in [5, 5.41) is 29.3. The molecule has 0 spiro atoms. The van der Waals surface area contributed by atoms with Gasteiger partial charge in [0.1, 0.15) is 12.6 Å². The predicted molar refractivity (Wildman–Crippen MR) is 238 cm³/mol. The number of hydrogen-bond acceptors (Lipinski definition) is 11. The molecular formula is C46H80NO12P. The number of carbonyl (C=O) groups excluding carboxylic acids is 2. The Hall–Kier alpha value is -2.90. The predicted octanol–water partition coefficient (Wildman–Crippen LogP) is 9.89. The fourth-order valence-electron chi connectivity index (χ4n) is 5.72. The Labute approximate surface area is 361 Å². The minimum Gasteiger partial charge on any atom is -0.480 e. The number of carbonyl (C=O) groups is 3. The normalized spacial score (nSPS) is 15.3. The number of aliphatic carboxylic acids is 1. The van der Waals surface area contributed by atoms with E-state index in [1.807, 2.05) is 6.08 Å². The second-order valence-electron chi connectivity index (χ2n) is 15.1. The lowest BCUT2D eigenvalue weighted by Crippen LogP contribution is -2.34. The van der Waals surface area contributed by atoms with Crippen LogP contribution in [0.5, 0.6) is 0 Å². The van der Waals surface area contributed by atoms with Crippen LogP contribution in [0.15, 0.2) is 60.8 Å². The van der Waals surface area contributed by atoms with Crippen molar-refractivity contribution in [1.82, 2.24) is 0 Å². The SMILES string of the molecule is CCCCC/C=C\C/C=C\C/C=C\C/C=C\CCCCCC(=O)OC[C@H](COP(=O)(O)OC[C@H](N)C(=O)O)OC(=O)CCCCCCC[C@H](O)[C@@H](O)C/C=C\CCCCC. The first-order valence-corrected chi connectivity index (χ1v) is 24.0. The second-order valence-corrected chi connectivity index (χ2v) is 16.6. The summed E-state index contributed by atoms with van der Waals surface area (Å²) in [6.45, 7) is 2.52. The third-order valence-electron chi connectivity index (χ3n) is 9.44. The van der Waals surface area contributed by atoms with Crippen LogP contribution in [-0.4, -0.2) is 82.3 Å². The Kier molecular flexibility index (Phi) is 38.2. The van der Waals surface area contributed by atoms with Gasteiger partial charge in [0.25, 0.3) is 0 Å². The second kappa shape index (κ2) is 40.2. The van der Waals surface area contributed by atoms with Crippen LogP contribution in [0.3, 0.4) is 0 Å². The summed E-state index contributed by atoms with van der Waals surface area (Å²) in [5.74, 6) is -2.56. The number of aliphatic hydroxyl groups is 2. The summed E-state index contributed by atoms with van der Waals surface area (Å²) < 4.78 is 32.6. The number of aliphatic hydroxyl groups excluding tert-OH is 2. The summed E-state index contributed by atoms with van der Waals surface area (Å²) in [6, 6.07) is -1.55. The minimum absolute atomic E-state index is 0.0522. The molecule has 0 aromatic rings. The van der Waals surface area contributed by atoms with Crippen molar-refractivity contribution in [2.75, 3.05) is 19.8 Å². The molecule has 0 aliphatic rings. The molecule has 0 saturated carbocycles. The molecule has 13 nitrogen and oxygen atoms in total. The molecule has 0 saturated heterocycles. The van der Waals surface area contributed by atoms with E-state index in [0.717, 1.165) is 89.9 Å². The molecule has 5 atom stereocenters. The van der Waals surface area contributed by atoms with Crippen molar-refractivity contribution in [3.8, 4) is 0 Å². The molecule has 0 amide bonds. The van der Waals surface area contributed by atoms with Gasteiger partial charge >= 0.3 is 25.7 Å². The smallest absolute Gasteiger partial charge is 0.472 e. The Morgan fingerprint density at radius 2 is 1.05 bits per heavy atom. The van der Waals surface area contributed by atoms with Gasteiger partial charge in [0.2, 0.25) is 0 Å². The van der Waals surface area contributed by atoms with Gasteiger partial charge in [-0.05, 0) is 83.5 Å². The molecule has 0 fully saturated rings. The number of phosphoric ester groups is 1. The van der Waals surface area contributed by atoms with Gasteiger partial charge in [-0.2, -0.15) is 0 Å². The average molecular weight is 870 g/mol. The highest BCUT2D eigenvalue weighted by Gasteiger charge is 2.28. The van der Waals surface area contributed by atoms with E-state index in [0.29, 0.717) is 25.7 Å². The standard InChI is InChI=1S/C46H80NO12P/c1-3-5-7-9-11-12-13-14-15-16-17-18-19-20-21-22-23-27-31-35-44(50)56-37-40(38-57-60(54,55)58-39-41(47)46(52)53)59-45(51)36-32-28-24-26-30-34-43(49)42(48)33-29-25-10-8-6-4-2/h11-12,14-15,17-18,20-21,25,29,40-43,48-49H,3-10,13,16,19,22-24,26-28,30-39,47H2,1-2H3,(H,52,53)(H,54,55)/b12-11-,15-14-,18-17-,21-20-,29-25-/t40-,41+,42+,43+/m1/s1. The Bertz CT molecular complexity index is 1280. The summed E-state index contributed by atoms with van der Waals surface area (Å²) in [5.41, 5.74) is 5.32. The Morgan fingerprint density at radius 1 is 0.583 bits per heavy atom. The van der Waals surface area contributed by atoms with Crippen LogP contribution >= 0.6 is 7.82 Å². The number of nitrogens with two attached hydrogens (primary N) is 1. The molecule has 346 valence electrons. The van der Waals surface area contributed by atoms with Gasteiger partial charge in [-0.15, -0.1) is 0 Å². The molecule has 0 heterocycles. The topological polar surface area (TPSA) is 212 Å². The fourth-order valence-corrected chi connectivity index (χ4v) is 6.50. The van der Waals surface area contributed by atoms with Gasteiger partial charge in [-0.1, -0.05) is 132 Å². The van der Waals surface area contributed by atoms with Crippen LogP contribution < -0.4 is 5.73 Å². The van der Waals surface area contributed by atoms with E-state index in [9.17, 15) is 34.1 Å². The van der Waals surface area contributed by atoms with Crippen molar-refractivity contribution in [2.45, 2.75) is 192 Å². The van der Waals surface area contributed by atoms with Gasteiger partial charge in [0.05, 0.1) is 25.4 Å². The molecule has 0 aromatic carbocycles. The lowest BCUT2D eigenvalue weighted by molar-refractivity contribution is -0.161. The molecule has 14 heteroatoms. The highest BCUT2D eigenvalue weighted by atomic mass is 31.2. The van der Waals surface area contributed by atoms with Crippen LogP contribution in [0.4, 0.5) is 0 Å². The van der Waals surface area contributed by atoms with Gasteiger partial charge in [-0.25, -0.2) is 4.57 Å². The third kappa shape index (κ3) is 38.1. The minimum atomic E-state index is -4.77. The number of rotatable bonds is 41. The number of phosphoric acid groups is 1. The lowest BCUT2D eigenvalue weighted by Gasteiger charge is -2.20. The molecule has 0 radical (unpaired) electrons.